The van der Waals surface area contributed by atoms with E-state index in [4.69, 9.17) is 13.6 Å². The highest BCUT2D eigenvalue weighted by atomic mass is 16.5. The molecule has 7 aliphatic heterocycles. The van der Waals surface area contributed by atoms with Gasteiger partial charge in [-0.1, -0.05) is 158 Å². The van der Waals surface area contributed by atoms with Crippen molar-refractivity contribution in [2.24, 2.45) is 0 Å². The first-order chi connectivity index (χ1) is 36.8. The second kappa shape index (κ2) is 18.7. The first kappa shape index (κ1) is 44.6. The van der Waals surface area contributed by atoms with Crippen molar-refractivity contribution in [1.82, 2.24) is 15.0 Å². The summed E-state index contributed by atoms with van der Waals surface area (Å²) in [6.07, 6.45) is 4.37. The number of benzene rings is 8. The lowest BCUT2D eigenvalue weighted by Gasteiger charge is -2.14. The summed E-state index contributed by atoms with van der Waals surface area (Å²) in [6.45, 7) is 0. The Morgan fingerprint density at radius 2 is 0.813 bits per heavy atom. The predicted molar refractivity (Wildman–Crippen MR) is 300 cm³/mol. The van der Waals surface area contributed by atoms with E-state index >= 15 is 0 Å². The first-order valence-corrected chi connectivity index (χ1v) is 24.3. The topological polar surface area (TPSA) is 125 Å². The molecule has 17 bridgehead atoms. The summed E-state index contributed by atoms with van der Waals surface area (Å²) < 4.78 is 17.4. The fraction of sp³-hybridized carbons (Fsp3) is 0. The van der Waals surface area contributed by atoms with E-state index < -0.39 is 17.2 Å². The van der Waals surface area contributed by atoms with E-state index in [0.717, 1.165) is 81.7 Å². The zero-order valence-corrected chi connectivity index (χ0v) is 39.8. The van der Waals surface area contributed by atoms with E-state index in [2.05, 4.69) is 142 Å². The molecule has 0 unspecified atom stereocenters. The maximum absolute atomic E-state index is 13.9. The summed E-state index contributed by atoms with van der Waals surface area (Å²) in [5.41, 5.74) is 5.58. The number of esters is 1. The van der Waals surface area contributed by atoms with Crippen LogP contribution in [0, 0.1) is 0 Å². The van der Waals surface area contributed by atoms with E-state index in [0.29, 0.717) is 16.7 Å². The average Bonchev–Trinajstić information content (AvgIpc) is 3.47. The number of aromatic nitrogens is 3. The minimum atomic E-state index is -0.839. The third-order valence-electron chi connectivity index (χ3n) is 13.6. The third kappa shape index (κ3) is 8.60. The van der Waals surface area contributed by atoms with Gasteiger partial charge in [-0.3, -0.25) is 15.0 Å². The van der Waals surface area contributed by atoms with Crippen molar-refractivity contribution in [2.45, 2.75) is 0 Å². The molecule has 0 atom stereocenters. The molecule has 9 nitrogen and oxygen atoms in total. The van der Waals surface area contributed by atoms with E-state index in [1.807, 2.05) is 36.4 Å². The molecule has 0 spiro atoms. The van der Waals surface area contributed by atoms with Gasteiger partial charge in [0.2, 0.25) is 0 Å². The number of hydrogen-bond donors (Lipinski definition) is 0. The van der Waals surface area contributed by atoms with Gasteiger partial charge >= 0.3 is 17.2 Å². The summed E-state index contributed by atoms with van der Waals surface area (Å²) in [5, 5.41) is 9.94. The number of nitrogens with zero attached hydrogens (tertiary/aromatic N) is 3. The second-order valence-corrected chi connectivity index (χ2v) is 18.2. The zero-order chi connectivity index (χ0) is 50.4. The molecule has 25 rings (SSSR count). The number of carbonyl (C=O) groups excluding carboxylic acids is 1. The van der Waals surface area contributed by atoms with Crippen LogP contribution in [-0.2, 0) is 0 Å². The summed E-state index contributed by atoms with van der Waals surface area (Å²) in [4.78, 5) is 55.7. The highest BCUT2D eigenvalue weighted by molar-refractivity contribution is 6.15. The molecule has 17 heterocycles. The number of rotatable bonds is 0. The molecule has 0 amide bonds. The quantitative estimate of drug-likeness (QED) is 0.137. The molecule has 354 valence electrons. The maximum Gasteiger partial charge on any atom is 0.343 e. The smallest absolute Gasteiger partial charge is 0.343 e. The normalized spacial score (nSPS) is 11.7. The molecular formula is C66H39N3O6. The maximum atomic E-state index is 13.9. The van der Waals surface area contributed by atoms with Crippen LogP contribution in [0.1, 0.15) is 10.4 Å². The average molecular weight is 970 g/mol. The van der Waals surface area contributed by atoms with Gasteiger partial charge in [-0.25, -0.2) is 14.4 Å². The fourth-order valence-electron chi connectivity index (χ4n) is 9.87. The third-order valence-corrected chi connectivity index (χ3v) is 13.6. The highest BCUT2D eigenvalue weighted by Crippen LogP contribution is 2.39. The lowest BCUT2D eigenvalue weighted by molar-refractivity contribution is 0.0734. The largest absolute Gasteiger partial charge is 0.421 e. The van der Waals surface area contributed by atoms with Gasteiger partial charge in [0.25, 0.3) is 0 Å². The number of pyridine rings is 3. The van der Waals surface area contributed by atoms with Gasteiger partial charge in [0.05, 0.1) is 51.7 Å². The Kier molecular flexibility index (Phi) is 11.1. The SMILES string of the molecule is O=C1Oc2ccc(nc2)-c2ccc(cc2)-c2ccccc2-c2ccc3cc2c2ccccc2c2ccc(cc2)c2ccc(cn2)oc(=O)c2cc1cc(c2)c(=O)oc1ccc(nc1)c1ccc(cc1)c1ccccc31. The van der Waals surface area contributed by atoms with E-state index in [1.54, 1.807) is 36.4 Å². The van der Waals surface area contributed by atoms with Crippen molar-refractivity contribution in [3.05, 3.63) is 263 Å². The van der Waals surface area contributed by atoms with Gasteiger partial charge in [0.1, 0.15) is 16.9 Å². The van der Waals surface area contributed by atoms with Crippen LogP contribution in [-0.4, -0.2) is 20.9 Å². The van der Waals surface area contributed by atoms with E-state index in [9.17, 15) is 14.4 Å². The van der Waals surface area contributed by atoms with Crippen molar-refractivity contribution in [3.8, 4) is 39.3 Å². The number of ether oxygens (including phenoxy) is 1. The van der Waals surface area contributed by atoms with E-state index in [-0.39, 0.29) is 33.3 Å². The van der Waals surface area contributed by atoms with Gasteiger partial charge in [-0.05, 0) is 126 Å². The number of carbonyl (C=O) groups is 1. The lowest BCUT2D eigenvalue weighted by atomic mass is 9.90. The Bertz CT molecular complexity index is 4670. The number of hydrogen-bond acceptors (Lipinski definition) is 9. The molecule has 75 heavy (non-hydrogen) atoms. The van der Waals surface area contributed by atoms with Gasteiger partial charge in [-0.15, -0.1) is 0 Å². The van der Waals surface area contributed by atoms with Crippen LogP contribution in [0.3, 0.4) is 0 Å². The summed E-state index contributed by atoms with van der Waals surface area (Å²) in [6, 6.07) is 71.2. The minimum absolute atomic E-state index is 0.0992. The Labute approximate surface area is 426 Å². The molecule has 0 saturated heterocycles. The summed E-state index contributed by atoms with van der Waals surface area (Å²) in [7, 11) is 0. The molecule has 8 aromatic carbocycles. The van der Waals surface area contributed by atoms with Crippen molar-refractivity contribution in [1.29, 1.82) is 0 Å². The fourth-order valence-corrected chi connectivity index (χ4v) is 9.87. The first-order valence-electron chi connectivity index (χ1n) is 24.3. The van der Waals surface area contributed by atoms with Gasteiger partial charge in [-0.2, -0.15) is 0 Å². The molecular weight excluding hydrogens is 931 g/mol. The molecule has 0 fully saturated rings. The molecule has 10 aromatic heterocycles. The van der Waals surface area contributed by atoms with Gasteiger partial charge < -0.3 is 13.6 Å². The minimum Gasteiger partial charge on any atom is -0.421 e. The zero-order valence-electron chi connectivity index (χ0n) is 39.8. The Balaban J connectivity index is 1.17. The van der Waals surface area contributed by atoms with Crippen molar-refractivity contribution >= 4 is 92.8 Å². The van der Waals surface area contributed by atoms with Crippen LogP contribution in [0.2, 0.25) is 0 Å². The Hall–Kier alpha value is -10.4. The second-order valence-electron chi connectivity index (χ2n) is 18.2. The van der Waals surface area contributed by atoms with Crippen molar-refractivity contribution in [3.63, 3.8) is 0 Å². The highest BCUT2D eigenvalue weighted by Gasteiger charge is 2.15. The van der Waals surface area contributed by atoms with Crippen LogP contribution < -0.4 is 16.0 Å². The molecule has 9 heteroatoms. The Morgan fingerprint density at radius 3 is 1.37 bits per heavy atom. The van der Waals surface area contributed by atoms with Crippen LogP contribution in [0.15, 0.2) is 255 Å². The Morgan fingerprint density at radius 1 is 0.307 bits per heavy atom. The van der Waals surface area contributed by atoms with Crippen LogP contribution in [0.4, 0.5) is 0 Å². The van der Waals surface area contributed by atoms with Gasteiger partial charge in [0, 0.05) is 16.3 Å². The molecule has 0 aliphatic carbocycles. The van der Waals surface area contributed by atoms with Crippen molar-refractivity contribution < 1.29 is 18.4 Å². The molecule has 7 aliphatic rings. The molecule has 0 radical (unpaired) electrons. The van der Waals surface area contributed by atoms with Crippen molar-refractivity contribution in [2.75, 3.05) is 0 Å². The summed E-state index contributed by atoms with van der Waals surface area (Å²) >= 11 is 0. The molecule has 0 N–H and O–H groups in total. The molecule has 18 aromatic rings. The van der Waals surface area contributed by atoms with E-state index in [1.165, 1.54) is 36.8 Å². The molecule has 0 saturated carbocycles. The standard InChI is InChI=1S/C66H39N3O6/c70-64-47-33-48-35-49(34-47)66(72)75-52-28-32-63(69-39-52)45-23-17-42(18-24-45)55-9-4-6-12-58(55)60-36-46(56-10-2-1-7-53(56)40-13-19-43(20-14-40)61-30-26-50(73-64)37-67-61)25-29-59(60)57-11-5-3-8-54(57)41-15-21-44(22-16-41)62-31-27-51(38-68-62)74-65(48)71/h1-39H. The monoisotopic (exact) mass is 969 g/mol. The van der Waals surface area contributed by atoms with Crippen LogP contribution in [0.25, 0.3) is 120 Å². The lowest BCUT2D eigenvalue weighted by Crippen LogP contribution is -2.11. The predicted octanol–water partition coefficient (Wildman–Crippen LogP) is 15.5. The summed E-state index contributed by atoms with van der Waals surface area (Å²) in [5.74, 6) is -0.687. The van der Waals surface area contributed by atoms with Crippen LogP contribution >= 0.6 is 0 Å². The van der Waals surface area contributed by atoms with Crippen LogP contribution in [0.5, 0.6) is 5.75 Å². The van der Waals surface area contributed by atoms with Gasteiger partial charge in [0.15, 0.2) is 0 Å².